The molecule has 2 rings (SSSR count). The molecule has 0 unspecified atom stereocenters. The molecule has 0 saturated heterocycles. The third kappa shape index (κ3) is 1.57. The Balaban J connectivity index is 2.73. The lowest BCUT2D eigenvalue weighted by atomic mass is 10.1. The molecule has 0 spiro atoms. The minimum atomic E-state index is -0.869. The van der Waals surface area contributed by atoms with E-state index in [2.05, 4.69) is 4.42 Å². The van der Waals surface area contributed by atoms with E-state index < -0.39 is 11.4 Å². The zero-order chi connectivity index (χ0) is 10.8. The molecule has 1 heterocycles. The number of hydrogen-bond donors (Lipinski definition) is 2. The van der Waals surface area contributed by atoms with Gasteiger partial charge in [0.2, 0.25) is 5.75 Å². The molecule has 2 aromatic rings. The first kappa shape index (κ1) is 9.33. The standard InChI is InChI=1S/C11H8O4/c12-8-6-15-11(14)10(13)9(8)7-4-2-1-3-5-7/h1-6,12-13H. The maximum atomic E-state index is 11.0. The van der Waals surface area contributed by atoms with Crippen LogP contribution in [0.2, 0.25) is 0 Å². The number of hydrogen-bond acceptors (Lipinski definition) is 4. The van der Waals surface area contributed by atoms with Gasteiger partial charge in [-0.3, -0.25) is 0 Å². The van der Waals surface area contributed by atoms with E-state index >= 15 is 0 Å². The van der Waals surface area contributed by atoms with Crippen molar-refractivity contribution < 1.29 is 14.6 Å². The number of aromatic hydroxyl groups is 2. The van der Waals surface area contributed by atoms with Crippen LogP contribution in [0.5, 0.6) is 11.5 Å². The van der Waals surface area contributed by atoms with E-state index in [9.17, 15) is 15.0 Å². The van der Waals surface area contributed by atoms with Gasteiger partial charge in [0.1, 0.15) is 6.26 Å². The van der Waals surface area contributed by atoms with E-state index in [1.54, 1.807) is 30.3 Å². The maximum Gasteiger partial charge on any atom is 0.379 e. The normalized spacial score (nSPS) is 10.1. The van der Waals surface area contributed by atoms with Crippen LogP contribution in [0, 0.1) is 0 Å². The molecule has 0 amide bonds. The quantitative estimate of drug-likeness (QED) is 0.741. The predicted octanol–water partition coefficient (Wildman–Crippen LogP) is 1.72. The Morgan fingerprint density at radius 1 is 1.07 bits per heavy atom. The van der Waals surface area contributed by atoms with Gasteiger partial charge in [0.05, 0.1) is 5.56 Å². The van der Waals surface area contributed by atoms with Crippen LogP contribution in [0.1, 0.15) is 0 Å². The van der Waals surface area contributed by atoms with Gasteiger partial charge in [-0.2, -0.15) is 0 Å². The van der Waals surface area contributed by atoms with Gasteiger partial charge >= 0.3 is 5.63 Å². The van der Waals surface area contributed by atoms with Gasteiger partial charge in [-0.15, -0.1) is 0 Å². The van der Waals surface area contributed by atoms with Gasteiger partial charge in [-0.25, -0.2) is 4.79 Å². The van der Waals surface area contributed by atoms with Gasteiger partial charge in [-0.05, 0) is 5.56 Å². The summed E-state index contributed by atoms with van der Waals surface area (Å²) in [5.41, 5.74) is -0.223. The summed E-state index contributed by atoms with van der Waals surface area (Å²) in [4.78, 5) is 11.0. The first-order valence-electron chi connectivity index (χ1n) is 4.29. The van der Waals surface area contributed by atoms with Crippen LogP contribution in [0.3, 0.4) is 0 Å². The molecule has 0 atom stereocenters. The number of rotatable bonds is 1. The minimum absolute atomic E-state index is 0.0897. The van der Waals surface area contributed by atoms with Crippen molar-refractivity contribution in [2.75, 3.05) is 0 Å². The lowest BCUT2D eigenvalue weighted by Gasteiger charge is -2.04. The topological polar surface area (TPSA) is 70.7 Å². The zero-order valence-corrected chi connectivity index (χ0v) is 7.68. The van der Waals surface area contributed by atoms with Crippen molar-refractivity contribution in [1.29, 1.82) is 0 Å². The Kier molecular flexibility index (Phi) is 2.17. The van der Waals surface area contributed by atoms with Crippen LogP contribution < -0.4 is 5.63 Å². The van der Waals surface area contributed by atoms with Crippen LogP contribution >= 0.6 is 0 Å². The summed E-state index contributed by atoms with van der Waals surface area (Å²) >= 11 is 0. The van der Waals surface area contributed by atoms with E-state index in [0.717, 1.165) is 6.26 Å². The van der Waals surface area contributed by atoms with Crippen LogP contribution in [0.25, 0.3) is 11.1 Å². The lowest BCUT2D eigenvalue weighted by molar-refractivity contribution is 0.382. The molecular weight excluding hydrogens is 196 g/mol. The summed E-state index contributed by atoms with van der Waals surface area (Å²) in [6.07, 6.45) is 0.907. The van der Waals surface area contributed by atoms with E-state index in [1.165, 1.54) is 0 Å². The Morgan fingerprint density at radius 3 is 2.40 bits per heavy atom. The highest BCUT2D eigenvalue weighted by molar-refractivity contribution is 5.74. The highest BCUT2D eigenvalue weighted by Crippen LogP contribution is 2.33. The van der Waals surface area contributed by atoms with Crippen molar-refractivity contribution in [3.8, 4) is 22.6 Å². The van der Waals surface area contributed by atoms with E-state index in [1.807, 2.05) is 0 Å². The highest BCUT2D eigenvalue weighted by atomic mass is 16.4. The van der Waals surface area contributed by atoms with Gasteiger partial charge in [-0.1, -0.05) is 30.3 Å². The SMILES string of the molecule is O=c1occ(O)c(-c2ccccc2)c1O. The van der Waals surface area contributed by atoms with Gasteiger partial charge in [0.15, 0.2) is 5.75 Å². The monoisotopic (exact) mass is 204 g/mol. The van der Waals surface area contributed by atoms with Crippen LogP contribution in [0.15, 0.2) is 45.8 Å². The summed E-state index contributed by atoms with van der Waals surface area (Å²) < 4.78 is 4.40. The minimum Gasteiger partial charge on any atom is -0.504 e. The summed E-state index contributed by atoms with van der Waals surface area (Å²) in [5.74, 6) is -0.848. The predicted molar refractivity (Wildman–Crippen MR) is 53.7 cm³/mol. The van der Waals surface area contributed by atoms with Gasteiger partial charge < -0.3 is 14.6 Å². The molecular formula is C11H8O4. The highest BCUT2D eigenvalue weighted by Gasteiger charge is 2.14. The van der Waals surface area contributed by atoms with Crippen molar-refractivity contribution in [2.24, 2.45) is 0 Å². The fraction of sp³-hybridized carbons (Fsp3) is 0. The molecule has 0 fully saturated rings. The van der Waals surface area contributed by atoms with Crippen LogP contribution in [-0.4, -0.2) is 10.2 Å². The second kappa shape index (κ2) is 3.49. The molecule has 0 radical (unpaired) electrons. The van der Waals surface area contributed by atoms with E-state index in [4.69, 9.17) is 0 Å². The summed E-state index contributed by atoms with van der Waals surface area (Å²) in [6, 6.07) is 8.62. The third-order valence-electron chi connectivity index (χ3n) is 2.03. The van der Waals surface area contributed by atoms with Crippen LogP contribution in [0.4, 0.5) is 0 Å². The number of benzene rings is 1. The Morgan fingerprint density at radius 2 is 1.73 bits per heavy atom. The summed E-state index contributed by atoms with van der Waals surface area (Å²) in [7, 11) is 0. The van der Waals surface area contributed by atoms with Gasteiger partial charge in [0.25, 0.3) is 0 Å². The molecule has 4 nitrogen and oxygen atoms in total. The molecule has 0 aliphatic carbocycles. The van der Waals surface area contributed by atoms with E-state index in [-0.39, 0.29) is 11.3 Å². The first-order chi connectivity index (χ1) is 7.20. The lowest BCUT2D eigenvalue weighted by Crippen LogP contribution is -1.98. The largest absolute Gasteiger partial charge is 0.504 e. The Labute approximate surface area is 85.0 Å². The summed E-state index contributed by atoms with van der Waals surface area (Å²) in [6.45, 7) is 0. The molecule has 0 aliphatic rings. The summed E-state index contributed by atoms with van der Waals surface area (Å²) in [5, 5.41) is 18.9. The smallest absolute Gasteiger partial charge is 0.379 e. The molecule has 15 heavy (non-hydrogen) atoms. The van der Waals surface area contributed by atoms with Crippen molar-refractivity contribution >= 4 is 0 Å². The van der Waals surface area contributed by atoms with Gasteiger partial charge in [0, 0.05) is 0 Å². The molecule has 76 valence electrons. The zero-order valence-electron chi connectivity index (χ0n) is 7.68. The third-order valence-corrected chi connectivity index (χ3v) is 2.03. The molecule has 0 aliphatic heterocycles. The second-order valence-corrected chi connectivity index (χ2v) is 3.00. The average molecular weight is 204 g/mol. The molecule has 1 aromatic heterocycles. The molecule has 2 N–H and O–H groups in total. The van der Waals surface area contributed by atoms with Crippen LogP contribution in [-0.2, 0) is 0 Å². The van der Waals surface area contributed by atoms with Crippen molar-refractivity contribution in [3.63, 3.8) is 0 Å². The maximum absolute atomic E-state index is 11.0. The van der Waals surface area contributed by atoms with E-state index in [0.29, 0.717) is 5.56 Å². The Hall–Kier alpha value is -2.23. The van der Waals surface area contributed by atoms with Crippen molar-refractivity contribution in [2.45, 2.75) is 0 Å². The molecule has 0 saturated carbocycles. The second-order valence-electron chi connectivity index (χ2n) is 3.00. The molecule has 0 bridgehead atoms. The molecule has 1 aromatic carbocycles. The average Bonchev–Trinajstić information content (AvgIpc) is 2.26. The fourth-order valence-electron chi connectivity index (χ4n) is 1.34. The van der Waals surface area contributed by atoms with Crippen molar-refractivity contribution in [3.05, 3.63) is 47.0 Å². The van der Waals surface area contributed by atoms with Crippen molar-refractivity contribution in [1.82, 2.24) is 0 Å². The molecule has 4 heteroatoms. The Bertz CT molecular complexity index is 528. The first-order valence-corrected chi connectivity index (χ1v) is 4.29. The fourth-order valence-corrected chi connectivity index (χ4v) is 1.34.